The molecule has 0 aromatic rings. The van der Waals surface area contributed by atoms with E-state index in [0.29, 0.717) is 0 Å². The zero-order valence-electron chi connectivity index (χ0n) is 12.9. The molecule has 0 aromatic carbocycles. The van der Waals surface area contributed by atoms with Crippen molar-refractivity contribution in [2.45, 2.75) is 65.3 Å². The van der Waals surface area contributed by atoms with Gasteiger partial charge in [0.05, 0.1) is 6.04 Å². The Labute approximate surface area is 119 Å². The summed E-state index contributed by atoms with van der Waals surface area (Å²) in [6.45, 7) is 9.77. The van der Waals surface area contributed by atoms with Gasteiger partial charge in [-0.05, 0) is 41.5 Å². The van der Waals surface area contributed by atoms with Crippen molar-refractivity contribution in [3.05, 3.63) is 0 Å². The van der Waals surface area contributed by atoms with Crippen molar-refractivity contribution in [3.63, 3.8) is 0 Å². The van der Waals surface area contributed by atoms with Crippen LogP contribution in [0.2, 0.25) is 0 Å². The highest BCUT2D eigenvalue weighted by atomic mass is 16.6. The molecular formula is C13H25N3O4. The fourth-order valence-corrected chi connectivity index (χ4v) is 1.20. The Morgan fingerprint density at radius 1 is 0.950 bits per heavy atom. The van der Waals surface area contributed by atoms with Crippen LogP contribution in [0, 0.1) is 0 Å². The second-order valence-corrected chi connectivity index (χ2v) is 5.78. The number of nitrogens with one attached hydrogen (secondary N) is 2. The fourth-order valence-electron chi connectivity index (χ4n) is 1.20. The van der Waals surface area contributed by atoms with Crippen LogP contribution in [-0.2, 0) is 19.1 Å². The molecule has 0 bridgehead atoms. The Hall–Kier alpha value is -1.63. The van der Waals surface area contributed by atoms with Crippen LogP contribution in [0.25, 0.3) is 0 Å². The predicted octanol–water partition coefficient (Wildman–Crippen LogP) is -0.315. The highest BCUT2D eigenvalue weighted by Gasteiger charge is 2.25. The zero-order valence-corrected chi connectivity index (χ0v) is 12.9. The molecule has 0 aliphatic carbocycles. The second-order valence-electron chi connectivity index (χ2n) is 5.78. The molecule has 0 unspecified atom stereocenters. The van der Waals surface area contributed by atoms with Crippen LogP contribution in [0.15, 0.2) is 0 Å². The van der Waals surface area contributed by atoms with Gasteiger partial charge in [-0.15, -0.1) is 0 Å². The van der Waals surface area contributed by atoms with Gasteiger partial charge in [-0.25, -0.2) is 4.79 Å². The number of ether oxygens (including phenoxy) is 1. The van der Waals surface area contributed by atoms with Crippen LogP contribution in [0.5, 0.6) is 0 Å². The second kappa shape index (κ2) is 7.23. The topological polar surface area (TPSA) is 111 Å². The van der Waals surface area contributed by atoms with E-state index in [9.17, 15) is 14.4 Å². The lowest BCUT2D eigenvalue weighted by molar-refractivity contribution is -0.158. The van der Waals surface area contributed by atoms with Crippen LogP contribution in [0.4, 0.5) is 0 Å². The van der Waals surface area contributed by atoms with Gasteiger partial charge in [0.15, 0.2) is 0 Å². The number of carbonyl (C=O) groups is 3. The average Bonchev–Trinajstić information content (AvgIpc) is 2.25. The van der Waals surface area contributed by atoms with Gasteiger partial charge in [0.25, 0.3) is 0 Å². The standard InChI is InChI=1S/C13H25N3O4/c1-7(14)10(17)15-8(2)11(18)16-9(3)12(19)20-13(4,5)6/h7-9H,14H2,1-6H3,(H,15,17)(H,16,18)/t7-,8-,9-/m0/s1. The molecule has 0 heterocycles. The van der Waals surface area contributed by atoms with Crippen molar-refractivity contribution in [2.75, 3.05) is 0 Å². The van der Waals surface area contributed by atoms with E-state index in [0.717, 1.165) is 0 Å². The molecule has 0 aliphatic rings. The molecule has 0 rings (SSSR count). The van der Waals surface area contributed by atoms with Gasteiger partial charge in [0.1, 0.15) is 17.7 Å². The molecular weight excluding hydrogens is 262 g/mol. The fraction of sp³-hybridized carbons (Fsp3) is 0.769. The summed E-state index contributed by atoms with van der Waals surface area (Å²) in [6, 6.07) is -2.27. The molecule has 0 radical (unpaired) electrons. The first-order valence-electron chi connectivity index (χ1n) is 6.53. The van der Waals surface area contributed by atoms with E-state index >= 15 is 0 Å². The maximum atomic E-state index is 11.8. The van der Waals surface area contributed by atoms with E-state index in [1.807, 2.05) is 0 Å². The molecule has 7 heteroatoms. The molecule has 20 heavy (non-hydrogen) atoms. The minimum absolute atomic E-state index is 0.433. The van der Waals surface area contributed by atoms with Gasteiger partial charge in [-0.1, -0.05) is 0 Å². The Morgan fingerprint density at radius 2 is 1.40 bits per heavy atom. The summed E-state index contributed by atoms with van der Waals surface area (Å²) in [5, 5.41) is 4.92. The number of hydrogen-bond acceptors (Lipinski definition) is 5. The maximum Gasteiger partial charge on any atom is 0.328 e. The number of carbonyl (C=O) groups excluding carboxylic acids is 3. The lowest BCUT2D eigenvalue weighted by Gasteiger charge is -2.23. The number of nitrogens with two attached hydrogens (primary N) is 1. The van der Waals surface area contributed by atoms with Crippen LogP contribution in [0.1, 0.15) is 41.5 Å². The summed E-state index contributed by atoms with van der Waals surface area (Å²) in [6.07, 6.45) is 0. The molecule has 0 spiro atoms. The molecule has 4 N–H and O–H groups in total. The maximum absolute atomic E-state index is 11.8. The van der Waals surface area contributed by atoms with Crippen molar-refractivity contribution >= 4 is 17.8 Å². The van der Waals surface area contributed by atoms with E-state index in [2.05, 4.69) is 10.6 Å². The Balaban J connectivity index is 4.38. The van der Waals surface area contributed by atoms with Gasteiger partial charge in [-0.2, -0.15) is 0 Å². The highest BCUT2D eigenvalue weighted by molar-refractivity contribution is 5.91. The van der Waals surface area contributed by atoms with Gasteiger partial charge in [0, 0.05) is 0 Å². The summed E-state index contributed by atoms with van der Waals surface area (Å²) < 4.78 is 5.14. The predicted molar refractivity (Wildman–Crippen MR) is 74.7 cm³/mol. The van der Waals surface area contributed by atoms with Crippen LogP contribution in [-0.4, -0.2) is 41.5 Å². The summed E-state index contributed by atoms with van der Waals surface area (Å²) in [5.74, 6) is -1.44. The van der Waals surface area contributed by atoms with Gasteiger partial charge >= 0.3 is 5.97 Å². The molecule has 2 amide bonds. The summed E-state index contributed by atoms with van der Waals surface area (Å²) in [7, 11) is 0. The van der Waals surface area contributed by atoms with Crippen LogP contribution >= 0.6 is 0 Å². The molecule has 0 aliphatic heterocycles. The molecule has 0 saturated carbocycles. The normalized spacial score (nSPS) is 15.8. The van der Waals surface area contributed by atoms with Crippen molar-refractivity contribution in [2.24, 2.45) is 5.73 Å². The largest absolute Gasteiger partial charge is 0.458 e. The molecule has 3 atom stereocenters. The minimum Gasteiger partial charge on any atom is -0.458 e. The Bertz CT molecular complexity index is 374. The minimum atomic E-state index is -0.795. The lowest BCUT2D eigenvalue weighted by Crippen LogP contribution is -2.52. The molecule has 0 fully saturated rings. The van der Waals surface area contributed by atoms with Crippen molar-refractivity contribution in [1.82, 2.24) is 10.6 Å². The van der Waals surface area contributed by atoms with Gasteiger partial charge in [-0.3, -0.25) is 9.59 Å². The molecule has 7 nitrogen and oxygen atoms in total. The highest BCUT2D eigenvalue weighted by Crippen LogP contribution is 2.08. The van der Waals surface area contributed by atoms with E-state index in [1.165, 1.54) is 20.8 Å². The number of hydrogen-bond donors (Lipinski definition) is 3. The smallest absolute Gasteiger partial charge is 0.328 e. The van der Waals surface area contributed by atoms with E-state index in [4.69, 9.17) is 10.5 Å². The Morgan fingerprint density at radius 3 is 1.80 bits per heavy atom. The first-order chi connectivity index (χ1) is 8.94. The number of amides is 2. The third-order valence-electron chi connectivity index (χ3n) is 2.28. The summed E-state index contributed by atoms with van der Waals surface area (Å²) in [5.41, 5.74) is 4.77. The van der Waals surface area contributed by atoms with Gasteiger partial charge < -0.3 is 21.1 Å². The molecule has 0 saturated heterocycles. The first kappa shape index (κ1) is 18.4. The van der Waals surface area contributed by atoms with E-state index in [1.54, 1.807) is 20.8 Å². The molecule has 0 aromatic heterocycles. The third-order valence-corrected chi connectivity index (χ3v) is 2.28. The van der Waals surface area contributed by atoms with Crippen LogP contribution in [0.3, 0.4) is 0 Å². The summed E-state index contributed by atoms with van der Waals surface area (Å²) >= 11 is 0. The Kier molecular flexibility index (Phi) is 6.64. The van der Waals surface area contributed by atoms with E-state index in [-0.39, 0.29) is 0 Å². The average molecular weight is 287 g/mol. The number of esters is 1. The van der Waals surface area contributed by atoms with Crippen molar-refractivity contribution in [1.29, 1.82) is 0 Å². The van der Waals surface area contributed by atoms with Gasteiger partial charge in [0.2, 0.25) is 11.8 Å². The third kappa shape index (κ3) is 7.08. The van der Waals surface area contributed by atoms with E-state index < -0.39 is 41.5 Å². The number of rotatable bonds is 5. The van der Waals surface area contributed by atoms with Crippen molar-refractivity contribution < 1.29 is 19.1 Å². The first-order valence-corrected chi connectivity index (χ1v) is 6.53. The van der Waals surface area contributed by atoms with Crippen LogP contribution < -0.4 is 16.4 Å². The quantitative estimate of drug-likeness (QED) is 0.600. The SMILES string of the molecule is C[C@H](N)C(=O)N[C@@H](C)C(=O)N[C@@H](C)C(=O)OC(C)(C)C. The zero-order chi connectivity index (χ0) is 16.1. The molecule has 116 valence electrons. The van der Waals surface area contributed by atoms with Crippen molar-refractivity contribution in [3.8, 4) is 0 Å². The monoisotopic (exact) mass is 287 g/mol. The lowest BCUT2D eigenvalue weighted by atomic mass is 10.2. The summed E-state index contributed by atoms with van der Waals surface area (Å²) in [4.78, 5) is 34.9.